The Morgan fingerprint density at radius 3 is 3.05 bits per heavy atom. The van der Waals surface area contributed by atoms with Crippen LogP contribution in [0.5, 0.6) is 0 Å². The zero-order valence-electron chi connectivity index (χ0n) is 11.5. The molecule has 5 heteroatoms. The van der Waals surface area contributed by atoms with Gasteiger partial charge in [0.15, 0.2) is 0 Å². The molecule has 1 saturated heterocycles. The second-order valence-electron chi connectivity index (χ2n) is 5.22. The van der Waals surface area contributed by atoms with Crippen molar-refractivity contribution in [1.82, 2.24) is 9.88 Å². The van der Waals surface area contributed by atoms with Gasteiger partial charge >= 0.3 is 0 Å². The first kappa shape index (κ1) is 14.6. The van der Waals surface area contributed by atoms with Crippen LogP contribution in [0.25, 0.3) is 0 Å². The summed E-state index contributed by atoms with van der Waals surface area (Å²) in [5, 5.41) is 2.97. The van der Waals surface area contributed by atoms with E-state index in [-0.39, 0.29) is 11.9 Å². The molecule has 0 aliphatic carbocycles. The maximum Gasteiger partial charge on any atom is 0.267 e. The smallest absolute Gasteiger partial charge is 0.267 e. The Balaban J connectivity index is 1.88. The van der Waals surface area contributed by atoms with E-state index in [1.807, 2.05) is 16.8 Å². The van der Waals surface area contributed by atoms with Crippen molar-refractivity contribution in [2.75, 3.05) is 13.2 Å². The largest absolute Gasteiger partial charge is 0.378 e. The van der Waals surface area contributed by atoms with Gasteiger partial charge in [-0.3, -0.25) is 4.79 Å². The third-order valence-electron chi connectivity index (χ3n) is 3.38. The number of nitrogens with zero attached hydrogens (tertiary/aromatic N) is 1. The van der Waals surface area contributed by atoms with Gasteiger partial charge in [-0.1, -0.05) is 0 Å². The SMILES string of the molecule is CC(C)n1cc(Br)cc1C(=O)NCCC1CCCO1. The molecule has 0 saturated carbocycles. The Kier molecular flexibility index (Phi) is 5.05. The number of rotatable bonds is 5. The first-order chi connectivity index (χ1) is 9.08. The molecule has 1 aliphatic heterocycles. The predicted molar refractivity (Wildman–Crippen MR) is 78.4 cm³/mol. The van der Waals surface area contributed by atoms with Crippen LogP contribution in [0.1, 0.15) is 49.6 Å². The Morgan fingerprint density at radius 2 is 2.42 bits per heavy atom. The lowest BCUT2D eigenvalue weighted by Gasteiger charge is -2.13. The fraction of sp³-hybridized carbons (Fsp3) is 0.643. The lowest BCUT2D eigenvalue weighted by atomic mass is 10.2. The first-order valence-corrected chi connectivity index (χ1v) is 7.64. The van der Waals surface area contributed by atoms with Gasteiger partial charge in [-0.25, -0.2) is 0 Å². The molecule has 0 bridgehead atoms. The minimum Gasteiger partial charge on any atom is -0.378 e. The molecule has 2 heterocycles. The number of hydrogen-bond acceptors (Lipinski definition) is 2. The molecule has 1 fully saturated rings. The third-order valence-corrected chi connectivity index (χ3v) is 3.81. The minimum atomic E-state index is -0.0163. The summed E-state index contributed by atoms with van der Waals surface area (Å²) in [6, 6.07) is 2.13. The fourth-order valence-electron chi connectivity index (χ4n) is 2.36. The number of hydrogen-bond donors (Lipinski definition) is 1. The summed E-state index contributed by atoms with van der Waals surface area (Å²) >= 11 is 3.42. The van der Waals surface area contributed by atoms with Gasteiger partial charge in [-0.2, -0.15) is 0 Å². The molecule has 1 aliphatic rings. The topological polar surface area (TPSA) is 43.3 Å². The molecule has 0 spiro atoms. The molecular formula is C14H21BrN2O2. The number of amides is 1. The molecular weight excluding hydrogens is 308 g/mol. The Hall–Kier alpha value is -0.810. The van der Waals surface area contributed by atoms with Crippen LogP contribution in [-0.4, -0.2) is 29.7 Å². The van der Waals surface area contributed by atoms with Crippen molar-refractivity contribution in [3.63, 3.8) is 0 Å². The molecule has 1 N–H and O–H groups in total. The number of carbonyl (C=O) groups excluding carboxylic acids is 1. The van der Waals surface area contributed by atoms with Crippen molar-refractivity contribution in [2.45, 2.75) is 45.3 Å². The summed E-state index contributed by atoms with van der Waals surface area (Å²) in [5.41, 5.74) is 0.703. The molecule has 2 rings (SSSR count). The number of halogens is 1. The van der Waals surface area contributed by atoms with E-state index in [2.05, 4.69) is 35.1 Å². The molecule has 1 aromatic heterocycles. The number of carbonyl (C=O) groups is 1. The van der Waals surface area contributed by atoms with Crippen LogP contribution in [-0.2, 0) is 4.74 Å². The third kappa shape index (κ3) is 3.83. The van der Waals surface area contributed by atoms with E-state index in [1.165, 1.54) is 0 Å². The average molecular weight is 329 g/mol. The van der Waals surface area contributed by atoms with Gasteiger partial charge in [0, 0.05) is 29.9 Å². The fourth-order valence-corrected chi connectivity index (χ4v) is 2.80. The summed E-state index contributed by atoms with van der Waals surface area (Å²) < 4.78 is 8.46. The maximum atomic E-state index is 12.2. The van der Waals surface area contributed by atoms with Crippen LogP contribution in [0.15, 0.2) is 16.7 Å². The highest BCUT2D eigenvalue weighted by Crippen LogP contribution is 2.19. The second-order valence-corrected chi connectivity index (χ2v) is 6.14. The van der Waals surface area contributed by atoms with E-state index in [1.54, 1.807) is 0 Å². The second kappa shape index (κ2) is 6.57. The van der Waals surface area contributed by atoms with Crippen molar-refractivity contribution < 1.29 is 9.53 Å². The van der Waals surface area contributed by atoms with Gasteiger partial charge in [0.25, 0.3) is 5.91 Å². The molecule has 0 radical (unpaired) electrons. The van der Waals surface area contributed by atoms with Crippen molar-refractivity contribution in [1.29, 1.82) is 0 Å². The van der Waals surface area contributed by atoms with Crippen molar-refractivity contribution in [3.05, 3.63) is 22.4 Å². The molecule has 1 unspecified atom stereocenters. The lowest BCUT2D eigenvalue weighted by Crippen LogP contribution is -2.29. The van der Waals surface area contributed by atoms with Gasteiger partial charge in [-0.15, -0.1) is 0 Å². The van der Waals surface area contributed by atoms with Gasteiger partial charge in [0.1, 0.15) is 5.69 Å². The molecule has 1 amide bonds. The van der Waals surface area contributed by atoms with Crippen molar-refractivity contribution >= 4 is 21.8 Å². The normalized spacial score (nSPS) is 19.1. The molecule has 4 nitrogen and oxygen atoms in total. The van der Waals surface area contributed by atoms with Crippen molar-refractivity contribution in [2.24, 2.45) is 0 Å². The summed E-state index contributed by atoms with van der Waals surface area (Å²) in [4.78, 5) is 12.2. The van der Waals surface area contributed by atoms with Crippen LogP contribution in [0, 0.1) is 0 Å². The Labute approximate surface area is 122 Å². The minimum absolute atomic E-state index is 0.0163. The summed E-state index contributed by atoms with van der Waals surface area (Å²) in [6.07, 6.45) is 5.42. The molecule has 19 heavy (non-hydrogen) atoms. The summed E-state index contributed by atoms with van der Waals surface area (Å²) in [6.45, 7) is 5.66. The predicted octanol–water partition coefficient (Wildman–Crippen LogP) is 3.13. The Morgan fingerprint density at radius 1 is 1.63 bits per heavy atom. The van der Waals surface area contributed by atoms with Gasteiger partial charge in [0.2, 0.25) is 0 Å². The van der Waals surface area contributed by atoms with Crippen LogP contribution in [0.3, 0.4) is 0 Å². The van der Waals surface area contributed by atoms with Gasteiger partial charge < -0.3 is 14.6 Å². The van der Waals surface area contributed by atoms with Crippen LogP contribution in [0.2, 0.25) is 0 Å². The molecule has 1 aromatic rings. The molecule has 0 aromatic carbocycles. The highest BCUT2D eigenvalue weighted by atomic mass is 79.9. The van der Waals surface area contributed by atoms with Crippen LogP contribution < -0.4 is 5.32 Å². The quantitative estimate of drug-likeness (QED) is 0.902. The van der Waals surface area contributed by atoms with E-state index in [9.17, 15) is 4.79 Å². The van der Waals surface area contributed by atoms with E-state index in [4.69, 9.17) is 4.74 Å². The zero-order valence-corrected chi connectivity index (χ0v) is 13.1. The number of aromatic nitrogens is 1. The van der Waals surface area contributed by atoms with Crippen LogP contribution in [0.4, 0.5) is 0 Å². The average Bonchev–Trinajstić information content (AvgIpc) is 2.98. The van der Waals surface area contributed by atoms with Gasteiger partial charge in [-0.05, 0) is 55.1 Å². The summed E-state index contributed by atoms with van der Waals surface area (Å²) in [5.74, 6) is -0.0163. The van der Waals surface area contributed by atoms with Crippen molar-refractivity contribution in [3.8, 4) is 0 Å². The van der Waals surface area contributed by atoms with Crippen LogP contribution >= 0.6 is 15.9 Å². The maximum absolute atomic E-state index is 12.2. The molecule has 1 atom stereocenters. The standard InChI is InChI=1S/C14H21BrN2O2/c1-10(2)17-9-11(15)8-13(17)14(18)16-6-5-12-4-3-7-19-12/h8-10,12H,3-7H2,1-2H3,(H,16,18). The van der Waals surface area contributed by atoms with E-state index in [0.29, 0.717) is 18.3 Å². The zero-order chi connectivity index (χ0) is 13.8. The highest BCUT2D eigenvalue weighted by Gasteiger charge is 2.17. The monoisotopic (exact) mass is 328 g/mol. The molecule has 106 valence electrons. The highest BCUT2D eigenvalue weighted by molar-refractivity contribution is 9.10. The van der Waals surface area contributed by atoms with E-state index in [0.717, 1.165) is 30.3 Å². The van der Waals surface area contributed by atoms with E-state index < -0.39 is 0 Å². The summed E-state index contributed by atoms with van der Waals surface area (Å²) in [7, 11) is 0. The lowest BCUT2D eigenvalue weighted by molar-refractivity contribution is 0.0898. The number of ether oxygens (including phenoxy) is 1. The number of nitrogens with one attached hydrogen (secondary N) is 1. The van der Waals surface area contributed by atoms with Gasteiger partial charge in [0.05, 0.1) is 6.10 Å². The Bertz CT molecular complexity index is 437. The van der Waals surface area contributed by atoms with E-state index >= 15 is 0 Å². The first-order valence-electron chi connectivity index (χ1n) is 6.85.